The first-order chi connectivity index (χ1) is 4.61. The Labute approximate surface area is 67.0 Å². The van der Waals surface area contributed by atoms with Crippen LogP contribution in [0.3, 0.4) is 0 Å². The molecule has 0 aliphatic carbocycles. The number of hydrogen-bond acceptors (Lipinski definition) is 4. The van der Waals surface area contributed by atoms with Crippen molar-refractivity contribution in [2.24, 2.45) is 0 Å². The third-order valence-corrected chi connectivity index (χ3v) is 2.00. The van der Waals surface area contributed by atoms with E-state index in [-0.39, 0.29) is 3.92 Å². The highest BCUT2D eigenvalue weighted by atomic mass is 79.9. The van der Waals surface area contributed by atoms with Crippen molar-refractivity contribution in [2.75, 3.05) is 0 Å². The van der Waals surface area contributed by atoms with Gasteiger partial charge in [-0.3, -0.25) is 0 Å². The van der Waals surface area contributed by atoms with Crippen LogP contribution in [0.1, 0.15) is 0 Å². The van der Waals surface area contributed by atoms with Crippen molar-refractivity contribution in [2.45, 2.75) is 0 Å². The molecule has 1 aromatic rings. The Balaban J connectivity index is 3.15. The van der Waals surface area contributed by atoms with E-state index in [1.54, 1.807) is 0 Å². The number of thiazole rings is 1. The molecule has 0 radical (unpaired) electrons. The van der Waals surface area contributed by atoms with Gasteiger partial charge in [0.1, 0.15) is 0 Å². The van der Waals surface area contributed by atoms with Gasteiger partial charge >= 0.3 is 5.82 Å². The van der Waals surface area contributed by atoms with Gasteiger partial charge in [-0.05, 0) is 21.2 Å². The molecule has 0 atom stereocenters. The van der Waals surface area contributed by atoms with E-state index in [0.717, 1.165) is 0 Å². The summed E-state index contributed by atoms with van der Waals surface area (Å²) in [4.78, 5) is 12.3. The van der Waals surface area contributed by atoms with Crippen LogP contribution in [0.2, 0.25) is 0 Å². The first kappa shape index (κ1) is 7.55. The third-order valence-electron chi connectivity index (χ3n) is 0.716. The van der Waals surface area contributed by atoms with Gasteiger partial charge in [-0.25, -0.2) is 0 Å². The summed E-state index contributed by atoms with van der Waals surface area (Å²) in [6.45, 7) is 0. The SMILES string of the molecule is O=[N+]([O-])c1nc(Br)sc1F. The summed E-state index contributed by atoms with van der Waals surface area (Å²) >= 11 is 3.41. The molecule has 1 aromatic heterocycles. The summed E-state index contributed by atoms with van der Waals surface area (Å²) in [6, 6.07) is 0. The van der Waals surface area contributed by atoms with Crippen LogP contribution in [0.15, 0.2) is 3.92 Å². The van der Waals surface area contributed by atoms with Gasteiger partial charge in [-0.15, -0.1) is 0 Å². The Morgan fingerprint density at radius 3 is 2.60 bits per heavy atom. The molecule has 0 amide bonds. The Bertz CT molecular complexity index is 275. The van der Waals surface area contributed by atoms with Gasteiger partial charge < -0.3 is 10.1 Å². The first-order valence-electron chi connectivity index (χ1n) is 2.07. The van der Waals surface area contributed by atoms with E-state index in [1.165, 1.54) is 0 Å². The molecule has 0 bridgehead atoms. The molecular weight excluding hydrogens is 227 g/mol. The van der Waals surface area contributed by atoms with Crippen LogP contribution in [-0.4, -0.2) is 9.91 Å². The highest BCUT2D eigenvalue weighted by Gasteiger charge is 2.20. The molecule has 10 heavy (non-hydrogen) atoms. The van der Waals surface area contributed by atoms with Crippen molar-refractivity contribution in [3.63, 3.8) is 0 Å². The predicted molar refractivity (Wildman–Crippen MR) is 36.4 cm³/mol. The van der Waals surface area contributed by atoms with Gasteiger partial charge in [-0.2, -0.15) is 4.39 Å². The Hall–Kier alpha value is -0.560. The van der Waals surface area contributed by atoms with Crippen molar-refractivity contribution in [3.05, 3.63) is 19.2 Å². The van der Waals surface area contributed by atoms with E-state index in [9.17, 15) is 14.5 Å². The van der Waals surface area contributed by atoms with E-state index < -0.39 is 15.9 Å². The van der Waals surface area contributed by atoms with Gasteiger partial charge in [0.05, 0.1) is 0 Å². The van der Waals surface area contributed by atoms with Gasteiger partial charge in [0.2, 0.25) is 0 Å². The topological polar surface area (TPSA) is 56.0 Å². The number of rotatable bonds is 1. The summed E-state index contributed by atoms with van der Waals surface area (Å²) in [5, 5.41) is 9.05. The van der Waals surface area contributed by atoms with Crippen LogP contribution >= 0.6 is 27.3 Å². The molecule has 0 aromatic carbocycles. The van der Waals surface area contributed by atoms with E-state index in [1.807, 2.05) is 0 Å². The Morgan fingerprint density at radius 1 is 1.80 bits per heavy atom. The number of halogens is 2. The second-order valence-electron chi connectivity index (χ2n) is 1.32. The first-order valence-corrected chi connectivity index (χ1v) is 3.68. The number of nitro groups is 1. The van der Waals surface area contributed by atoms with Crippen LogP contribution < -0.4 is 0 Å². The fourth-order valence-corrected chi connectivity index (χ4v) is 1.47. The summed E-state index contributed by atoms with van der Waals surface area (Å²) in [5.41, 5.74) is 0. The molecule has 0 spiro atoms. The van der Waals surface area contributed by atoms with Crippen LogP contribution in [0, 0.1) is 15.2 Å². The molecule has 0 unspecified atom stereocenters. The average Bonchev–Trinajstić information content (AvgIpc) is 2.10. The second-order valence-corrected chi connectivity index (χ2v) is 3.55. The van der Waals surface area contributed by atoms with E-state index >= 15 is 0 Å². The standard InChI is InChI=1S/C3BrFN2O2S/c4-3-6-2(7(8)9)1(5)10-3. The van der Waals surface area contributed by atoms with Gasteiger partial charge in [0.25, 0.3) is 9.05 Å². The zero-order valence-electron chi connectivity index (χ0n) is 4.38. The fraction of sp³-hybridized carbons (Fsp3) is 0. The molecule has 1 heterocycles. The maximum absolute atomic E-state index is 12.3. The molecule has 0 saturated carbocycles. The minimum absolute atomic E-state index is 0.178. The van der Waals surface area contributed by atoms with Crippen LogP contribution in [0.5, 0.6) is 0 Å². The van der Waals surface area contributed by atoms with Crippen molar-refractivity contribution >= 4 is 33.1 Å². The zero-order valence-corrected chi connectivity index (χ0v) is 6.78. The van der Waals surface area contributed by atoms with E-state index in [0.29, 0.717) is 11.3 Å². The molecule has 0 saturated heterocycles. The lowest BCUT2D eigenvalue weighted by Gasteiger charge is -1.83. The molecule has 7 heteroatoms. The van der Waals surface area contributed by atoms with Gasteiger partial charge in [0.15, 0.2) is 0 Å². The lowest BCUT2D eigenvalue weighted by molar-refractivity contribution is -0.391. The molecule has 1 rings (SSSR count). The molecule has 0 aliphatic heterocycles. The lowest BCUT2D eigenvalue weighted by atomic mass is 10.8. The number of aromatic nitrogens is 1. The number of nitrogens with zero attached hydrogens (tertiary/aromatic N) is 2. The second kappa shape index (κ2) is 2.59. The van der Waals surface area contributed by atoms with E-state index in [4.69, 9.17) is 0 Å². The Kier molecular flexibility index (Phi) is 1.95. The predicted octanol–water partition coefficient (Wildman–Crippen LogP) is 1.95. The van der Waals surface area contributed by atoms with Crippen LogP contribution in [0.25, 0.3) is 0 Å². The monoisotopic (exact) mass is 226 g/mol. The van der Waals surface area contributed by atoms with Crippen molar-refractivity contribution < 1.29 is 9.31 Å². The van der Waals surface area contributed by atoms with Crippen LogP contribution in [0.4, 0.5) is 10.2 Å². The number of hydrogen-bond donors (Lipinski definition) is 0. The van der Waals surface area contributed by atoms with Crippen molar-refractivity contribution in [3.8, 4) is 0 Å². The third kappa shape index (κ3) is 1.29. The zero-order chi connectivity index (χ0) is 7.72. The summed E-state index contributed by atoms with van der Waals surface area (Å²) in [5.74, 6) is -0.725. The average molecular weight is 227 g/mol. The minimum Gasteiger partial charge on any atom is -0.358 e. The van der Waals surface area contributed by atoms with Crippen molar-refractivity contribution in [1.82, 2.24) is 4.98 Å². The maximum atomic E-state index is 12.3. The largest absolute Gasteiger partial charge is 0.412 e. The van der Waals surface area contributed by atoms with Crippen LogP contribution in [-0.2, 0) is 0 Å². The van der Waals surface area contributed by atoms with Gasteiger partial charge in [-0.1, -0.05) is 0 Å². The smallest absolute Gasteiger partial charge is 0.358 e. The quantitative estimate of drug-likeness (QED) is 0.544. The molecule has 0 fully saturated rings. The molecule has 0 aliphatic rings. The van der Waals surface area contributed by atoms with E-state index in [2.05, 4.69) is 20.9 Å². The molecule has 4 nitrogen and oxygen atoms in total. The fourth-order valence-electron chi connectivity index (χ4n) is 0.382. The molecule has 0 N–H and O–H groups in total. The van der Waals surface area contributed by atoms with Crippen molar-refractivity contribution in [1.29, 1.82) is 0 Å². The molecular formula is C3BrFN2O2S. The highest BCUT2D eigenvalue weighted by molar-refractivity contribution is 9.11. The molecule has 54 valence electrons. The normalized spacial score (nSPS) is 9.80. The minimum atomic E-state index is -0.878. The Morgan fingerprint density at radius 2 is 2.40 bits per heavy atom. The highest BCUT2D eigenvalue weighted by Crippen LogP contribution is 2.26. The summed E-state index contributed by atoms with van der Waals surface area (Å²) < 4.78 is 12.5. The maximum Gasteiger partial charge on any atom is 0.412 e. The van der Waals surface area contributed by atoms with Gasteiger partial charge in [0, 0.05) is 15.9 Å². The summed E-state index contributed by atoms with van der Waals surface area (Å²) in [6.07, 6.45) is 0. The summed E-state index contributed by atoms with van der Waals surface area (Å²) in [7, 11) is 0. The lowest BCUT2D eigenvalue weighted by Crippen LogP contribution is -1.89.